The van der Waals surface area contributed by atoms with Crippen molar-refractivity contribution < 1.29 is 5.11 Å². The van der Waals surface area contributed by atoms with Crippen molar-refractivity contribution >= 4 is 0 Å². The first-order chi connectivity index (χ1) is 5.16. The third-order valence-corrected chi connectivity index (χ3v) is 2.64. The first-order valence-electron chi connectivity index (χ1n) is 4.51. The van der Waals surface area contributed by atoms with E-state index in [4.69, 9.17) is 0 Å². The average Bonchev–Trinajstić information content (AvgIpc) is 2.36. The van der Waals surface area contributed by atoms with E-state index in [1.807, 2.05) is 6.08 Å². The van der Waals surface area contributed by atoms with Crippen molar-refractivity contribution in [3.05, 3.63) is 12.7 Å². The predicted molar refractivity (Wildman–Crippen MR) is 47.4 cm³/mol. The minimum absolute atomic E-state index is 0.354. The molecule has 1 saturated carbocycles. The summed E-state index contributed by atoms with van der Waals surface area (Å²) in [5, 5.41) is 9.94. The highest BCUT2D eigenvalue weighted by Gasteiger charge is 2.31. The summed E-state index contributed by atoms with van der Waals surface area (Å²) in [6.07, 6.45) is 7.20. The van der Waals surface area contributed by atoms with E-state index in [-0.39, 0.29) is 5.60 Å². The minimum Gasteiger partial charge on any atom is -0.390 e. The van der Waals surface area contributed by atoms with Crippen LogP contribution in [0.2, 0.25) is 0 Å². The first kappa shape index (κ1) is 8.79. The van der Waals surface area contributed by atoms with Gasteiger partial charge < -0.3 is 5.11 Å². The molecule has 1 aliphatic carbocycles. The molecule has 0 bridgehead atoms. The molecule has 1 nitrogen and oxygen atoms in total. The molecule has 0 aromatic rings. The molecule has 1 atom stereocenters. The fraction of sp³-hybridized carbons (Fsp3) is 0.800. The molecule has 0 aromatic carbocycles. The Kier molecular flexibility index (Phi) is 2.72. The van der Waals surface area contributed by atoms with Crippen LogP contribution in [-0.4, -0.2) is 10.7 Å². The van der Waals surface area contributed by atoms with E-state index < -0.39 is 0 Å². The van der Waals surface area contributed by atoms with Gasteiger partial charge in [-0.05, 0) is 25.2 Å². The molecule has 64 valence electrons. The summed E-state index contributed by atoms with van der Waals surface area (Å²) in [5.74, 6) is 0.457. The zero-order valence-electron chi connectivity index (χ0n) is 7.34. The highest BCUT2D eigenvalue weighted by Crippen LogP contribution is 2.34. The lowest BCUT2D eigenvalue weighted by Crippen LogP contribution is -2.26. The van der Waals surface area contributed by atoms with Gasteiger partial charge in [0, 0.05) is 0 Å². The van der Waals surface area contributed by atoms with Crippen LogP contribution < -0.4 is 0 Å². The van der Waals surface area contributed by atoms with Gasteiger partial charge in [0.25, 0.3) is 0 Å². The molecule has 0 saturated heterocycles. The molecule has 0 aromatic heterocycles. The van der Waals surface area contributed by atoms with Crippen molar-refractivity contribution in [2.75, 3.05) is 0 Å². The Labute approximate surface area is 69.1 Å². The standard InChI is InChI=1S/C10H18O/c1-3-9(2)8-10(11)6-4-5-7-10/h3,9,11H,1,4-8H2,2H3. The van der Waals surface area contributed by atoms with Crippen molar-refractivity contribution in [3.63, 3.8) is 0 Å². The highest BCUT2D eigenvalue weighted by molar-refractivity contribution is 4.89. The van der Waals surface area contributed by atoms with Crippen molar-refractivity contribution in [1.82, 2.24) is 0 Å². The lowest BCUT2D eigenvalue weighted by atomic mass is 9.90. The smallest absolute Gasteiger partial charge is 0.0653 e. The van der Waals surface area contributed by atoms with Gasteiger partial charge in [-0.15, -0.1) is 6.58 Å². The Morgan fingerprint density at radius 2 is 2.09 bits per heavy atom. The van der Waals surface area contributed by atoms with Crippen LogP contribution in [0.25, 0.3) is 0 Å². The van der Waals surface area contributed by atoms with Crippen LogP contribution in [0.4, 0.5) is 0 Å². The van der Waals surface area contributed by atoms with Crippen molar-refractivity contribution in [2.45, 2.75) is 44.6 Å². The van der Waals surface area contributed by atoms with Crippen molar-refractivity contribution in [3.8, 4) is 0 Å². The van der Waals surface area contributed by atoms with E-state index >= 15 is 0 Å². The molecule has 1 heteroatoms. The second kappa shape index (κ2) is 3.40. The van der Waals surface area contributed by atoms with Gasteiger partial charge in [-0.25, -0.2) is 0 Å². The highest BCUT2D eigenvalue weighted by atomic mass is 16.3. The van der Waals surface area contributed by atoms with Crippen LogP contribution in [-0.2, 0) is 0 Å². The summed E-state index contributed by atoms with van der Waals surface area (Å²) in [4.78, 5) is 0. The quantitative estimate of drug-likeness (QED) is 0.619. The number of allylic oxidation sites excluding steroid dienone is 1. The van der Waals surface area contributed by atoms with E-state index in [2.05, 4.69) is 13.5 Å². The molecule has 1 fully saturated rings. The molecule has 0 spiro atoms. The average molecular weight is 154 g/mol. The largest absolute Gasteiger partial charge is 0.390 e. The molecule has 0 radical (unpaired) electrons. The Morgan fingerprint density at radius 1 is 1.55 bits per heavy atom. The number of hydrogen-bond donors (Lipinski definition) is 1. The predicted octanol–water partition coefficient (Wildman–Crippen LogP) is 2.50. The summed E-state index contributed by atoms with van der Waals surface area (Å²) < 4.78 is 0. The van der Waals surface area contributed by atoms with E-state index in [1.165, 1.54) is 12.8 Å². The van der Waals surface area contributed by atoms with E-state index in [0.29, 0.717) is 5.92 Å². The number of hydrogen-bond acceptors (Lipinski definition) is 1. The van der Waals surface area contributed by atoms with Crippen LogP contribution >= 0.6 is 0 Å². The van der Waals surface area contributed by atoms with Crippen LogP contribution in [0.15, 0.2) is 12.7 Å². The van der Waals surface area contributed by atoms with Crippen LogP contribution in [0, 0.1) is 5.92 Å². The number of rotatable bonds is 3. The summed E-state index contributed by atoms with van der Waals surface area (Å²) in [6.45, 7) is 5.84. The molecular formula is C10H18O. The normalized spacial score (nSPS) is 24.9. The van der Waals surface area contributed by atoms with Gasteiger partial charge in [-0.3, -0.25) is 0 Å². The maximum absolute atomic E-state index is 9.94. The Hall–Kier alpha value is -0.300. The number of aliphatic hydroxyl groups is 1. The third kappa shape index (κ3) is 2.33. The zero-order chi connectivity index (χ0) is 8.32. The Balaban J connectivity index is 2.39. The second-order valence-corrected chi connectivity index (χ2v) is 3.85. The summed E-state index contributed by atoms with van der Waals surface area (Å²) in [5.41, 5.74) is -0.354. The summed E-state index contributed by atoms with van der Waals surface area (Å²) in [6, 6.07) is 0. The minimum atomic E-state index is -0.354. The van der Waals surface area contributed by atoms with E-state index in [1.54, 1.807) is 0 Å². The van der Waals surface area contributed by atoms with Gasteiger partial charge >= 0.3 is 0 Å². The van der Waals surface area contributed by atoms with Crippen LogP contribution in [0.5, 0.6) is 0 Å². The maximum Gasteiger partial charge on any atom is 0.0653 e. The molecule has 0 aliphatic heterocycles. The maximum atomic E-state index is 9.94. The molecule has 0 heterocycles. The fourth-order valence-electron chi connectivity index (χ4n) is 1.92. The van der Waals surface area contributed by atoms with Gasteiger partial charge in [-0.2, -0.15) is 0 Å². The van der Waals surface area contributed by atoms with Gasteiger partial charge in [0.2, 0.25) is 0 Å². The van der Waals surface area contributed by atoms with Crippen molar-refractivity contribution in [1.29, 1.82) is 0 Å². The zero-order valence-corrected chi connectivity index (χ0v) is 7.34. The van der Waals surface area contributed by atoms with Crippen molar-refractivity contribution in [2.24, 2.45) is 5.92 Å². The molecule has 1 aliphatic rings. The monoisotopic (exact) mass is 154 g/mol. The van der Waals surface area contributed by atoms with Gasteiger partial charge in [0.15, 0.2) is 0 Å². The molecular weight excluding hydrogens is 136 g/mol. The molecule has 11 heavy (non-hydrogen) atoms. The summed E-state index contributed by atoms with van der Waals surface area (Å²) in [7, 11) is 0. The van der Waals surface area contributed by atoms with Crippen LogP contribution in [0.1, 0.15) is 39.0 Å². The Bertz CT molecular complexity index is 134. The van der Waals surface area contributed by atoms with Gasteiger partial charge in [-0.1, -0.05) is 25.8 Å². The third-order valence-electron chi connectivity index (χ3n) is 2.64. The second-order valence-electron chi connectivity index (χ2n) is 3.85. The lowest BCUT2D eigenvalue weighted by molar-refractivity contribution is 0.0299. The topological polar surface area (TPSA) is 20.2 Å². The molecule has 1 rings (SSSR count). The molecule has 0 amide bonds. The van der Waals surface area contributed by atoms with Gasteiger partial charge in [0.1, 0.15) is 0 Å². The Morgan fingerprint density at radius 3 is 2.55 bits per heavy atom. The SMILES string of the molecule is C=CC(C)CC1(O)CCCC1. The summed E-state index contributed by atoms with van der Waals surface area (Å²) >= 11 is 0. The first-order valence-corrected chi connectivity index (χ1v) is 4.51. The van der Waals surface area contributed by atoms with Gasteiger partial charge in [0.05, 0.1) is 5.60 Å². The van der Waals surface area contributed by atoms with E-state index in [9.17, 15) is 5.11 Å². The molecule has 1 N–H and O–H groups in total. The lowest BCUT2D eigenvalue weighted by Gasteiger charge is -2.24. The van der Waals surface area contributed by atoms with E-state index in [0.717, 1.165) is 19.3 Å². The van der Waals surface area contributed by atoms with Crippen LogP contribution in [0.3, 0.4) is 0 Å². The molecule has 1 unspecified atom stereocenters. The fourth-order valence-corrected chi connectivity index (χ4v) is 1.92.